The molecule has 2 aromatic carbocycles. The number of nitrogens with one attached hydrogen (secondary N) is 1. The molecule has 1 aromatic heterocycles. The molecule has 1 heterocycles. The number of methoxy groups -OCH3 is 4. The van der Waals surface area contributed by atoms with Crippen molar-refractivity contribution in [2.75, 3.05) is 33.8 Å². The van der Waals surface area contributed by atoms with Crippen LogP contribution in [0.3, 0.4) is 0 Å². The first-order chi connectivity index (χ1) is 13.1. The fraction of sp³-hybridized carbons (Fsp3) is 0.222. The Balaban J connectivity index is 1.93. The molecule has 0 saturated heterocycles. The van der Waals surface area contributed by atoms with Gasteiger partial charge in [0.2, 0.25) is 5.82 Å². The van der Waals surface area contributed by atoms with Crippen LogP contribution in [0.5, 0.6) is 23.0 Å². The van der Waals surface area contributed by atoms with Gasteiger partial charge in [-0.2, -0.15) is 4.98 Å². The molecule has 3 rings (SSSR count). The van der Waals surface area contributed by atoms with Crippen molar-refractivity contribution in [2.45, 2.75) is 0 Å². The zero-order chi connectivity index (χ0) is 19.4. The number of ether oxygens (including phenoxy) is 4. The first-order valence-electron chi connectivity index (χ1n) is 7.84. The van der Waals surface area contributed by atoms with E-state index in [0.29, 0.717) is 45.1 Å². The van der Waals surface area contributed by atoms with Crippen molar-refractivity contribution in [3.8, 4) is 34.4 Å². The molecule has 0 atom stereocenters. The summed E-state index contributed by atoms with van der Waals surface area (Å²) < 4.78 is 26.4. The fourth-order valence-corrected chi connectivity index (χ4v) is 2.69. The Labute approximate surface area is 160 Å². The Kier molecular flexibility index (Phi) is 5.56. The van der Waals surface area contributed by atoms with Crippen LogP contribution < -0.4 is 24.3 Å². The van der Waals surface area contributed by atoms with E-state index in [4.69, 9.17) is 35.1 Å². The van der Waals surface area contributed by atoms with Gasteiger partial charge in [-0.3, -0.25) is 0 Å². The van der Waals surface area contributed by atoms with Gasteiger partial charge in [-0.05, 0) is 24.3 Å². The van der Waals surface area contributed by atoms with Crippen molar-refractivity contribution >= 4 is 23.3 Å². The van der Waals surface area contributed by atoms with Crippen molar-refractivity contribution < 1.29 is 23.5 Å². The van der Waals surface area contributed by atoms with Crippen LogP contribution in [0.2, 0.25) is 5.02 Å². The normalized spacial score (nSPS) is 10.4. The summed E-state index contributed by atoms with van der Waals surface area (Å²) in [6.07, 6.45) is 0. The summed E-state index contributed by atoms with van der Waals surface area (Å²) in [6.45, 7) is 0. The molecule has 0 spiro atoms. The zero-order valence-corrected chi connectivity index (χ0v) is 16.0. The maximum Gasteiger partial charge on any atom is 0.326 e. The van der Waals surface area contributed by atoms with E-state index in [2.05, 4.69) is 15.5 Å². The van der Waals surface area contributed by atoms with Crippen LogP contribution in [-0.4, -0.2) is 38.6 Å². The summed E-state index contributed by atoms with van der Waals surface area (Å²) in [5.41, 5.74) is 1.18. The molecule has 3 aromatic rings. The molecule has 0 aliphatic carbocycles. The van der Waals surface area contributed by atoms with Gasteiger partial charge in [-0.1, -0.05) is 16.8 Å². The highest BCUT2D eigenvalue weighted by Crippen LogP contribution is 2.38. The average molecular weight is 392 g/mol. The molecule has 142 valence electrons. The van der Waals surface area contributed by atoms with E-state index in [0.717, 1.165) is 0 Å². The maximum atomic E-state index is 6.18. The van der Waals surface area contributed by atoms with Gasteiger partial charge in [0.25, 0.3) is 0 Å². The molecule has 27 heavy (non-hydrogen) atoms. The lowest BCUT2D eigenvalue weighted by molar-refractivity contribution is 0.395. The lowest BCUT2D eigenvalue weighted by Crippen LogP contribution is -1.97. The molecule has 0 amide bonds. The molecule has 1 N–H and O–H groups in total. The number of halogens is 1. The van der Waals surface area contributed by atoms with Crippen molar-refractivity contribution in [2.24, 2.45) is 0 Å². The van der Waals surface area contributed by atoms with E-state index >= 15 is 0 Å². The van der Waals surface area contributed by atoms with Gasteiger partial charge in [0, 0.05) is 6.07 Å². The van der Waals surface area contributed by atoms with Crippen LogP contribution in [0.25, 0.3) is 11.4 Å². The summed E-state index contributed by atoms with van der Waals surface area (Å²) in [6, 6.07) is 8.78. The molecule has 0 fully saturated rings. The van der Waals surface area contributed by atoms with Gasteiger partial charge < -0.3 is 28.8 Å². The third-order valence-electron chi connectivity index (χ3n) is 3.79. The summed E-state index contributed by atoms with van der Waals surface area (Å²) in [7, 11) is 6.21. The molecule has 0 bridgehead atoms. The van der Waals surface area contributed by atoms with E-state index in [9.17, 15) is 0 Å². The second kappa shape index (κ2) is 8.05. The Bertz CT molecular complexity index is 945. The maximum absolute atomic E-state index is 6.18. The molecule has 0 radical (unpaired) electrons. The first-order valence-corrected chi connectivity index (χ1v) is 8.22. The Morgan fingerprint density at radius 1 is 0.889 bits per heavy atom. The van der Waals surface area contributed by atoms with E-state index in [1.165, 1.54) is 14.2 Å². The van der Waals surface area contributed by atoms with Gasteiger partial charge in [0.15, 0.2) is 0 Å². The SMILES string of the molecule is COc1ccc(OC)c(-c2noc(Nc3cc(Cl)c(OC)cc3OC)n2)c1. The van der Waals surface area contributed by atoms with Gasteiger partial charge in [-0.25, -0.2) is 0 Å². The highest BCUT2D eigenvalue weighted by molar-refractivity contribution is 6.32. The number of nitrogens with zero attached hydrogens (tertiary/aromatic N) is 2. The number of aromatic nitrogens is 2. The van der Waals surface area contributed by atoms with Crippen LogP contribution >= 0.6 is 11.6 Å². The van der Waals surface area contributed by atoms with E-state index in [-0.39, 0.29) is 6.01 Å². The van der Waals surface area contributed by atoms with E-state index < -0.39 is 0 Å². The summed E-state index contributed by atoms with van der Waals surface area (Å²) >= 11 is 6.18. The second-order valence-corrected chi connectivity index (χ2v) is 5.71. The third kappa shape index (κ3) is 3.85. The van der Waals surface area contributed by atoms with Crippen molar-refractivity contribution in [1.82, 2.24) is 10.1 Å². The van der Waals surface area contributed by atoms with Crippen LogP contribution in [0.1, 0.15) is 0 Å². The number of anilines is 2. The lowest BCUT2D eigenvalue weighted by Gasteiger charge is -2.11. The average Bonchev–Trinajstić information content (AvgIpc) is 3.16. The zero-order valence-electron chi connectivity index (χ0n) is 15.2. The highest BCUT2D eigenvalue weighted by Gasteiger charge is 2.17. The first kappa shape index (κ1) is 18.7. The van der Waals surface area contributed by atoms with Crippen molar-refractivity contribution in [3.63, 3.8) is 0 Å². The number of rotatable bonds is 7. The number of hydrogen-bond acceptors (Lipinski definition) is 8. The van der Waals surface area contributed by atoms with E-state index in [1.807, 2.05) is 0 Å². The minimum Gasteiger partial charge on any atom is -0.497 e. The minimum absolute atomic E-state index is 0.161. The third-order valence-corrected chi connectivity index (χ3v) is 4.08. The Morgan fingerprint density at radius 3 is 2.30 bits per heavy atom. The largest absolute Gasteiger partial charge is 0.497 e. The molecular weight excluding hydrogens is 374 g/mol. The smallest absolute Gasteiger partial charge is 0.326 e. The number of benzene rings is 2. The minimum atomic E-state index is 0.161. The van der Waals surface area contributed by atoms with Gasteiger partial charge in [0.05, 0.1) is 44.7 Å². The predicted molar refractivity (Wildman–Crippen MR) is 101 cm³/mol. The van der Waals surface area contributed by atoms with Crippen molar-refractivity contribution in [1.29, 1.82) is 0 Å². The monoisotopic (exact) mass is 391 g/mol. The summed E-state index contributed by atoms with van der Waals surface area (Å²) in [4.78, 5) is 4.35. The molecule has 0 unspecified atom stereocenters. The van der Waals surface area contributed by atoms with Crippen LogP contribution in [-0.2, 0) is 0 Å². The number of hydrogen-bond donors (Lipinski definition) is 1. The van der Waals surface area contributed by atoms with Gasteiger partial charge in [0.1, 0.15) is 23.0 Å². The molecular formula is C18H18ClN3O5. The fourth-order valence-electron chi connectivity index (χ4n) is 2.45. The predicted octanol–water partition coefficient (Wildman–Crippen LogP) is 4.17. The van der Waals surface area contributed by atoms with Gasteiger partial charge >= 0.3 is 6.01 Å². The molecule has 8 nitrogen and oxygen atoms in total. The van der Waals surface area contributed by atoms with E-state index in [1.54, 1.807) is 44.6 Å². The standard InChI is InChI=1S/C18H18ClN3O5/c1-23-10-5-6-14(24-2)11(7-10)17-21-18(27-22-17)20-13-8-12(19)15(25-3)9-16(13)26-4/h5-9H,1-4H3,(H,20,21,22). The summed E-state index contributed by atoms with van der Waals surface area (Å²) in [5, 5.41) is 7.40. The second-order valence-electron chi connectivity index (χ2n) is 5.30. The van der Waals surface area contributed by atoms with Crippen molar-refractivity contribution in [3.05, 3.63) is 35.4 Å². The quantitative estimate of drug-likeness (QED) is 0.642. The van der Waals surface area contributed by atoms with Crippen LogP contribution in [0.4, 0.5) is 11.7 Å². The van der Waals surface area contributed by atoms with Gasteiger partial charge in [-0.15, -0.1) is 0 Å². The molecule has 0 aliphatic rings. The molecule has 9 heteroatoms. The lowest BCUT2D eigenvalue weighted by atomic mass is 10.2. The van der Waals surface area contributed by atoms with Crippen LogP contribution in [0, 0.1) is 0 Å². The molecule has 0 aliphatic heterocycles. The summed E-state index contributed by atoms with van der Waals surface area (Å²) in [5.74, 6) is 2.58. The highest BCUT2D eigenvalue weighted by atomic mass is 35.5. The topological polar surface area (TPSA) is 87.9 Å². The Hall–Kier alpha value is -3.13. The molecule has 0 saturated carbocycles. The van der Waals surface area contributed by atoms with Crippen LogP contribution in [0.15, 0.2) is 34.9 Å². The Morgan fingerprint density at radius 2 is 1.63 bits per heavy atom.